The van der Waals surface area contributed by atoms with E-state index in [2.05, 4.69) is 13.0 Å². The van der Waals surface area contributed by atoms with Gasteiger partial charge in [-0.15, -0.1) is 0 Å². The van der Waals surface area contributed by atoms with Crippen molar-refractivity contribution in [2.75, 3.05) is 6.61 Å². The van der Waals surface area contributed by atoms with Gasteiger partial charge in [-0.3, -0.25) is 4.79 Å². The molecular weight excluding hydrogens is 330 g/mol. The maximum absolute atomic E-state index is 12.4. The Kier molecular flexibility index (Phi) is 3.89. The molecule has 26 heavy (non-hydrogen) atoms. The molecule has 4 aliphatic rings. The van der Waals surface area contributed by atoms with Crippen molar-refractivity contribution in [2.24, 2.45) is 28.6 Å². The zero-order valence-corrected chi connectivity index (χ0v) is 15.5. The summed E-state index contributed by atoms with van der Waals surface area (Å²) in [7, 11) is 0. The second-order valence-corrected chi connectivity index (χ2v) is 9.24. The number of rotatable bonds is 2. The van der Waals surface area contributed by atoms with Crippen LogP contribution in [-0.2, 0) is 4.79 Å². The predicted octanol–water partition coefficient (Wildman–Crippen LogP) is 2.01. The van der Waals surface area contributed by atoms with Crippen LogP contribution in [0.2, 0.25) is 0 Å². The Morgan fingerprint density at radius 1 is 1.35 bits per heavy atom. The zero-order chi connectivity index (χ0) is 18.9. The van der Waals surface area contributed by atoms with Gasteiger partial charge in [-0.2, -0.15) is 0 Å². The maximum Gasteiger partial charge on any atom is 0.190 e. The van der Waals surface area contributed by atoms with E-state index in [-0.39, 0.29) is 23.2 Å². The van der Waals surface area contributed by atoms with Crippen LogP contribution in [0.1, 0.15) is 46.0 Å². The van der Waals surface area contributed by atoms with Crippen molar-refractivity contribution < 1.29 is 20.1 Å². The fraction of sp³-hybridized carbons (Fsp3) is 0.714. The van der Waals surface area contributed by atoms with Crippen LogP contribution in [0.15, 0.2) is 23.8 Å². The number of Topliss-reactive ketones (excluding diaryl/α,β-unsaturated/α-hetero) is 1. The van der Waals surface area contributed by atoms with E-state index in [1.165, 1.54) is 5.57 Å². The monoisotopic (exact) mass is 359 g/mol. The molecule has 4 rings (SSSR count). The van der Waals surface area contributed by atoms with E-state index in [4.69, 9.17) is 5.41 Å². The fourth-order valence-corrected chi connectivity index (χ4v) is 6.94. The van der Waals surface area contributed by atoms with Gasteiger partial charge in [0.1, 0.15) is 12.2 Å². The first-order chi connectivity index (χ1) is 12.2. The molecular formula is C21H29NO4. The fourth-order valence-electron chi connectivity index (χ4n) is 6.94. The molecule has 4 aliphatic carbocycles. The lowest BCUT2D eigenvalue weighted by Crippen LogP contribution is -2.61. The van der Waals surface area contributed by atoms with E-state index in [0.717, 1.165) is 19.3 Å². The van der Waals surface area contributed by atoms with Crippen LogP contribution in [0.3, 0.4) is 0 Å². The first kappa shape index (κ1) is 18.1. The molecule has 0 aromatic carbocycles. The molecule has 0 unspecified atom stereocenters. The van der Waals surface area contributed by atoms with Crippen LogP contribution >= 0.6 is 0 Å². The molecule has 0 bridgehead atoms. The second-order valence-electron chi connectivity index (χ2n) is 9.24. The van der Waals surface area contributed by atoms with Crippen LogP contribution in [0.5, 0.6) is 0 Å². The summed E-state index contributed by atoms with van der Waals surface area (Å²) in [5, 5.41) is 39.7. The van der Waals surface area contributed by atoms with E-state index < -0.39 is 29.5 Å². The normalized spacial score (nSPS) is 49.9. The van der Waals surface area contributed by atoms with Crippen molar-refractivity contribution in [2.45, 2.75) is 57.7 Å². The molecule has 3 fully saturated rings. The molecule has 0 aromatic heterocycles. The van der Waals surface area contributed by atoms with Crippen molar-refractivity contribution in [3.63, 3.8) is 0 Å². The number of carbonyl (C=O) groups excluding carboxylic acids is 1. The van der Waals surface area contributed by atoms with Crippen LogP contribution in [0, 0.1) is 34.0 Å². The third-order valence-electron chi connectivity index (χ3n) is 8.28. The molecule has 0 aliphatic heterocycles. The molecule has 0 saturated heterocycles. The highest BCUT2D eigenvalue weighted by Gasteiger charge is 2.67. The van der Waals surface area contributed by atoms with E-state index >= 15 is 0 Å². The minimum absolute atomic E-state index is 0.0384. The van der Waals surface area contributed by atoms with Crippen molar-refractivity contribution in [3.8, 4) is 0 Å². The summed E-state index contributed by atoms with van der Waals surface area (Å²) in [4.78, 5) is 12.4. The van der Waals surface area contributed by atoms with E-state index in [0.29, 0.717) is 18.6 Å². The summed E-state index contributed by atoms with van der Waals surface area (Å²) < 4.78 is 0. The molecule has 5 nitrogen and oxygen atoms in total. The average molecular weight is 359 g/mol. The highest BCUT2D eigenvalue weighted by atomic mass is 16.3. The third kappa shape index (κ3) is 2.08. The van der Waals surface area contributed by atoms with Gasteiger partial charge in [-0.05, 0) is 56.1 Å². The van der Waals surface area contributed by atoms with Crippen molar-refractivity contribution >= 4 is 11.5 Å². The number of ketones is 1. The van der Waals surface area contributed by atoms with Gasteiger partial charge >= 0.3 is 0 Å². The number of allylic oxidation sites excluding steroid dienone is 4. The highest BCUT2D eigenvalue weighted by Crippen LogP contribution is 2.67. The Morgan fingerprint density at radius 2 is 2.08 bits per heavy atom. The minimum Gasteiger partial charge on any atom is -0.393 e. The van der Waals surface area contributed by atoms with Gasteiger partial charge < -0.3 is 20.7 Å². The van der Waals surface area contributed by atoms with Gasteiger partial charge in [0.25, 0.3) is 0 Å². The summed E-state index contributed by atoms with van der Waals surface area (Å²) in [6, 6.07) is 0. The SMILES string of the molecule is C[C@]12C=CC(=N)C=C1CC[C@@H]1[C@@H]2[C@@H](O)C[C@@]2(C)[C@H]1CC[C@]2(O)C(=O)CO. The van der Waals surface area contributed by atoms with Gasteiger partial charge in [0.05, 0.1) is 11.8 Å². The van der Waals surface area contributed by atoms with Crippen molar-refractivity contribution in [1.29, 1.82) is 5.41 Å². The number of hydrogen-bond acceptors (Lipinski definition) is 5. The van der Waals surface area contributed by atoms with Gasteiger partial charge in [0, 0.05) is 16.7 Å². The molecule has 7 atom stereocenters. The molecule has 0 radical (unpaired) electrons. The van der Waals surface area contributed by atoms with Crippen LogP contribution in [-0.4, -0.2) is 45.1 Å². The van der Waals surface area contributed by atoms with Crippen molar-refractivity contribution in [3.05, 3.63) is 23.8 Å². The third-order valence-corrected chi connectivity index (χ3v) is 8.28. The zero-order valence-electron chi connectivity index (χ0n) is 15.5. The molecule has 142 valence electrons. The molecule has 4 N–H and O–H groups in total. The Bertz CT molecular complexity index is 728. The summed E-state index contributed by atoms with van der Waals surface area (Å²) in [5.74, 6) is -0.0915. The molecule has 0 aromatic rings. The van der Waals surface area contributed by atoms with Gasteiger partial charge in [0.15, 0.2) is 5.78 Å². The summed E-state index contributed by atoms with van der Waals surface area (Å²) in [5.41, 5.74) is -0.783. The summed E-state index contributed by atoms with van der Waals surface area (Å²) >= 11 is 0. The maximum atomic E-state index is 12.4. The molecule has 0 amide bonds. The van der Waals surface area contributed by atoms with Gasteiger partial charge in [-0.1, -0.05) is 25.5 Å². The number of hydrogen-bond donors (Lipinski definition) is 4. The molecule has 5 heteroatoms. The molecule has 3 saturated carbocycles. The molecule has 0 heterocycles. The Morgan fingerprint density at radius 3 is 2.77 bits per heavy atom. The van der Waals surface area contributed by atoms with Crippen LogP contribution < -0.4 is 0 Å². The number of carbonyl (C=O) groups is 1. The topological polar surface area (TPSA) is 102 Å². The average Bonchev–Trinajstić information content (AvgIpc) is 2.86. The quantitative estimate of drug-likeness (QED) is 0.606. The molecule has 0 spiro atoms. The largest absolute Gasteiger partial charge is 0.393 e. The van der Waals surface area contributed by atoms with E-state index in [1.54, 1.807) is 0 Å². The lowest BCUT2D eigenvalue weighted by Gasteiger charge is -2.59. The number of fused-ring (bicyclic) bond motifs is 5. The lowest BCUT2D eigenvalue weighted by atomic mass is 9.46. The standard InChI is InChI=1S/C21H29NO4/c1-19-7-5-13(22)9-12(19)3-4-14-15-6-8-21(26,17(25)11-23)20(15,2)10-16(24)18(14)19/h5,7,9,14-16,18,22-24,26H,3-4,6,8,10-11H2,1-2H3/t14-,15-,16-,18+,19-,20-,21-/m0/s1. The van der Waals surface area contributed by atoms with Crippen LogP contribution in [0.25, 0.3) is 0 Å². The highest BCUT2D eigenvalue weighted by molar-refractivity contribution is 6.03. The first-order valence-corrected chi connectivity index (χ1v) is 9.71. The summed E-state index contributed by atoms with van der Waals surface area (Å²) in [6.45, 7) is 3.43. The van der Waals surface area contributed by atoms with E-state index in [9.17, 15) is 20.1 Å². The van der Waals surface area contributed by atoms with E-state index in [1.807, 2.05) is 19.1 Å². The predicted molar refractivity (Wildman–Crippen MR) is 97.8 cm³/mol. The first-order valence-electron chi connectivity index (χ1n) is 9.71. The van der Waals surface area contributed by atoms with Gasteiger partial charge in [-0.25, -0.2) is 0 Å². The second kappa shape index (κ2) is 5.60. The minimum atomic E-state index is -1.54. The Balaban J connectivity index is 1.75. The van der Waals surface area contributed by atoms with Crippen LogP contribution in [0.4, 0.5) is 0 Å². The number of aliphatic hydroxyl groups is 3. The smallest absolute Gasteiger partial charge is 0.190 e. The Hall–Kier alpha value is -1.30. The lowest BCUT2D eigenvalue weighted by molar-refractivity contribution is -0.178. The summed E-state index contributed by atoms with van der Waals surface area (Å²) in [6.07, 6.45) is 8.50. The number of nitrogens with one attached hydrogen (secondary N) is 1. The Labute approximate surface area is 154 Å². The number of aliphatic hydroxyl groups excluding tert-OH is 2. The van der Waals surface area contributed by atoms with Crippen molar-refractivity contribution in [1.82, 2.24) is 0 Å². The van der Waals surface area contributed by atoms with Gasteiger partial charge in [0.2, 0.25) is 0 Å².